The molecule has 1 aliphatic heterocycles. The number of benzene rings is 1. The van der Waals surface area contributed by atoms with E-state index in [9.17, 15) is 9.59 Å². The summed E-state index contributed by atoms with van der Waals surface area (Å²) < 4.78 is 5.33. The molecule has 0 spiro atoms. The quantitative estimate of drug-likeness (QED) is 0.669. The van der Waals surface area contributed by atoms with Gasteiger partial charge in [-0.25, -0.2) is 0 Å². The predicted octanol–water partition coefficient (Wildman–Crippen LogP) is 1.34. The molecule has 1 fully saturated rings. The normalized spacial score (nSPS) is 16.0. The molecule has 0 radical (unpaired) electrons. The van der Waals surface area contributed by atoms with Crippen LogP contribution in [0.25, 0.3) is 0 Å². The molecule has 0 bridgehead atoms. The van der Waals surface area contributed by atoms with Crippen LogP contribution in [-0.2, 0) is 16.2 Å². The van der Waals surface area contributed by atoms with Crippen LogP contribution in [0, 0.1) is 5.92 Å². The number of hydrogen-bond acceptors (Lipinski definition) is 4. The van der Waals surface area contributed by atoms with Gasteiger partial charge in [0.25, 0.3) is 0 Å². The van der Waals surface area contributed by atoms with Gasteiger partial charge < -0.3 is 14.7 Å². The smallest absolute Gasteiger partial charge is 0.314 e. The SMILES string of the molecule is CC(=O)N1CCC(C(=O)Oc2ccc(CO)cc2)CC1. The molecule has 0 aromatic heterocycles. The number of carbonyl (C=O) groups excluding carboxylic acids is 2. The zero-order chi connectivity index (χ0) is 14.5. The van der Waals surface area contributed by atoms with Gasteiger partial charge in [0.05, 0.1) is 12.5 Å². The summed E-state index contributed by atoms with van der Waals surface area (Å²) in [5, 5.41) is 8.94. The van der Waals surface area contributed by atoms with E-state index in [2.05, 4.69) is 0 Å². The van der Waals surface area contributed by atoms with Crippen LogP contribution in [0.5, 0.6) is 5.75 Å². The van der Waals surface area contributed by atoms with Crippen molar-refractivity contribution in [1.82, 2.24) is 4.90 Å². The highest BCUT2D eigenvalue weighted by Crippen LogP contribution is 2.21. The van der Waals surface area contributed by atoms with Crippen molar-refractivity contribution >= 4 is 11.9 Å². The third-order valence-corrected chi connectivity index (χ3v) is 3.60. The molecule has 0 aliphatic carbocycles. The third kappa shape index (κ3) is 3.57. The van der Waals surface area contributed by atoms with Gasteiger partial charge in [-0.15, -0.1) is 0 Å². The lowest BCUT2D eigenvalue weighted by Gasteiger charge is -2.29. The summed E-state index contributed by atoms with van der Waals surface area (Å²) in [4.78, 5) is 25.0. The largest absolute Gasteiger partial charge is 0.426 e. The Bertz CT molecular complexity index is 475. The number of amides is 1. The van der Waals surface area contributed by atoms with E-state index in [1.165, 1.54) is 0 Å². The molecule has 1 saturated heterocycles. The van der Waals surface area contributed by atoms with E-state index in [1.54, 1.807) is 36.1 Å². The molecule has 5 nitrogen and oxygen atoms in total. The van der Waals surface area contributed by atoms with E-state index >= 15 is 0 Å². The summed E-state index contributed by atoms with van der Waals surface area (Å²) in [7, 11) is 0. The van der Waals surface area contributed by atoms with Crippen LogP contribution in [-0.4, -0.2) is 35.0 Å². The van der Waals surface area contributed by atoms with Gasteiger partial charge in [0.2, 0.25) is 5.91 Å². The molecule has 108 valence electrons. The van der Waals surface area contributed by atoms with Gasteiger partial charge in [0.15, 0.2) is 0 Å². The first-order chi connectivity index (χ1) is 9.60. The van der Waals surface area contributed by atoms with Crippen molar-refractivity contribution in [1.29, 1.82) is 0 Å². The summed E-state index contributed by atoms with van der Waals surface area (Å²) in [5.74, 6) is 0.144. The third-order valence-electron chi connectivity index (χ3n) is 3.60. The van der Waals surface area contributed by atoms with Crippen molar-refractivity contribution in [2.24, 2.45) is 5.92 Å². The number of ether oxygens (including phenoxy) is 1. The summed E-state index contributed by atoms with van der Waals surface area (Å²) in [6, 6.07) is 6.80. The van der Waals surface area contributed by atoms with Crippen molar-refractivity contribution in [2.45, 2.75) is 26.4 Å². The monoisotopic (exact) mass is 277 g/mol. The van der Waals surface area contributed by atoms with Crippen LogP contribution in [0.3, 0.4) is 0 Å². The lowest BCUT2D eigenvalue weighted by molar-refractivity contribution is -0.142. The van der Waals surface area contributed by atoms with Crippen LogP contribution < -0.4 is 4.74 Å². The molecule has 1 aromatic carbocycles. The first-order valence-corrected chi connectivity index (χ1v) is 6.77. The molecule has 2 rings (SSSR count). The van der Waals surface area contributed by atoms with E-state index in [4.69, 9.17) is 9.84 Å². The number of nitrogens with zero attached hydrogens (tertiary/aromatic N) is 1. The number of rotatable bonds is 3. The molecule has 0 saturated carbocycles. The Hall–Kier alpha value is -1.88. The number of likely N-dealkylation sites (tertiary alicyclic amines) is 1. The highest BCUT2D eigenvalue weighted by atomic mass is 16.5. The number of carbonyl (C=O) groups is 2. The van der Waals surface area contributed by atoms with Crippen molar-refractivity contribution in [3.05, 3.63) is 29.8 Å². The molecular formula is C15H19NO4. The average molecular weight is 277 g/mol. The minimum absolute atomic E-state index is 0.0300. The van der Waals surface area contributed by atoms with E-state index in [-0.39, 0.29) is 24.4 Å². The second kappa shape index (κ2) is 6.52. The number of piperidine rings is 1. The minimum atomic E-state index is -0.245. The Morgan fingerprint density at radius 2 is 1.85 bits per heavy atom. The van der Waals surface area contributed by atoms with Gasteiger partial charge in [0.1, 0.15) is 5.75 Å². The molecule has 20 heavy (non-hydrogen) atoms. The Labute approximate surface area is 118 Å². The minimum Gasteiger partial charge on any atom is -0.426 e. The highest BCUT2D eigenvalue weighted by molar-refractivity contribution is 5.76. The predicted molar refractivity (Wildman–Crippen MR) is 73.0 cm³/mol. The molecule has 0 unspecified atom stereocenters. The second-order valence-corrected chi connectivity index (χ2v) is 5.00. The number of esters is 1. The first kappa shape index (κ1) is 14.5. The van der Waals surface area contributed by atoms with E-state index in [1.807, 2.05) is 0 Å². The molecule has 0 atom stereocenters. The van der Waals surface area contributed by atoms with Crippen molar-refractivity contribution in [3.8, 4) is 5.75 Å². The number of aliphatic hydroxyl groups excluding tert-OH is 1. The van der Waals surface area contributed by atoms with E-state index in [0.717, 1.165) is 5.56 Å². The highest BCUT2D eigenvalue weighted by Gasteiger charge is 2.27. The van der Waals surface area contributed by atoms with Gasteiger partial charge in [-0.1, -0.05) is 12.1 Å². The zero-order valence-corrected chi connectivity index (χ0v) is 11.5. The van der Waals surface area contributed by atoms with E-state index < -0.39 is 0 Å². The van der Waals surface area contributed by atoms with Gasteiger partial charge in [-0.2, -0.15) is 0 Å². The maximum Gasteiger partial charge on any atom is 0.314 e. The van der Waals surface area contributed by atoms with Gasteiger partial charge >= 0.3 is 5.97 Å². The summed E-state index contributed by atoms with van der Waals surface area (Å²) in [5.41, 5.74) is 0.777. The van der Waals surface area contributed by atoms with Gasteiger partial charge in [-0.05, 0) is 30.5 Å². The van der Waals surface area contributed by atoms with Crippen LogP contribution >= 0.6 is 0 Å². The standard InChI is InChI=1S/C15H19NO4/c1-11(18)16-8-6-13(7-9-16)15(19)20-14-4-2-12(10-17)3-5-14/h2-5,13,17H,6-10H2,1H3. The Balaban J connectivity index is 1.87. The van der Waals surface area contributed by atoms with Crippen LogP contribution in [0.2, 0.25) is 0 Å². The molecule has 5 heteroatoms. The van der Waals surface area contributed by atoms with Crippen LogP contribution in [0.1, 0.15) is 25.3 Å². The van der Waals surface area contributed by atoms with Crippen molar-refractivity contribution in [2.75, 3.05) is 13.1 Å². The molecule has 1 aliphatic rings. The van der Waals surface area contributed by atoms with Gasteiger partial charge in [-0.3, -0.25) is 9.59 Å². The summed E-state index contributed by atoms with van der Waals surface area (Å²) >= 11 is 0. The average Bonchev–Trinajstić information content (AvgIpc) is 2.48. The summed E-state index contributed by atoms with van der Waals surface area (Å²) in [6.07, 6.45) is 1.29. The Morgan fingerprint density at radius 3 is 2.35 bits per heavy atom. The topological polar surface area (TPSA) is 66.8 Å². The second-order valence-electron chi connectivity index (χ2n) is 5.00. The fourth-order valence-corrected chi connectivity index (χ4v) is 2.29. The zero-order valence-electron chi connectivity index (χ0n) is 11.5. The maximum absolute atomic E-state index is 12.0. The number of hydrogen-bond donors (Lipinski definition) is 1. The van der Waals surface area contributed by atoms with Gasteiger partial charge in [0, 0.05) is 20.0 Å². The first-order valence-electron chi connectivity index (χ1n) is 6.77. The Morgan fingerprint density at radius 1 is 1.25 bits per heavy atom. The van der Waals surface area contributed by atoms with Crippen molar-refractivity contribution in [3.63, 3.8) is 0 Å². The molecule has 1 amide bonds. The number of aliphatic hydroxyl groups is 1. The molecule has 1 heterocycles. The lowest BCUT2D eigenvalue weighted by Crippen LogP contribution is -2.40. The fraction of sp³-hybridized carbons (Fsp3) is 0.467. The maximum atomic E-state index is 12.0. The molecule has 1 aromatic rings. The van der Waals surface area contributed by atoms with Crippen LogP contribution in [0.15, 0.2) is 24.3 Å². The Kier molecular flexibility index (Phi) is 4.74. The molecule has 1 N–H and O–H groups in total. The fourth-order valence-electron chi connectivity index (χ4n) is 2.29. The summed E-state index contributed by atoms with van der Waals surface area (Å²) in [6.45, 7) is 2.73. The van der Waals surface area contributed by atoms with E-state index in [0.29, 0.717) is 31.7 Å². The molecular weight excluding hydrogens is 258 g/mol. The van der Waals surface area contributed by atoms with Crippen molar-refractivity contribution < 1.29 is 19.4 Å². The lowest BCUT2D eigenvalue weighted by atomic mass is 9.97. The van der Waals surface area contributed by atoms with Crippen LogP contribution in [0.4, 0.5) is 0 Å².